The summed E-state index contributed by atoms with van der Waals surface area (Å²) in [5.74, 6) is -0.228. The Morgan fingerprint density at radius 3 is 2.58 bits per heavy atom. The highest BCUT2D eigenvalue weighted by atomic mass is 79.9. The highest BCUT2D eigenvalue weighted by molar-refractivity contribution is 9.11. The molecule has 0 saturated carbocycles. The molecule has 0 bridgehead atoms. The van der Waals surface area contributed by atoms with Gasteiger partial charge in [-0.05, 0) is 52.7 Å². The van der Waals surface area contributed by atoms with Crippen LogP contribution in [-0.2, 0) is 11.4 Å². The molecule has 0 heterocycles. The lowest BCUT2D eigenvalue weighted by molar-refractivity contribution is -0.384. The number of benzene rings is 3. The van der Waals surface area contributed by atoms with Crippen LogP contribution in [-0.4, -0.2) is 10.8 Å². The van der Waals surface area contributed by atoms with Crippen LogP contribution in [0.1, 0.15) is 16.7 Å². The molecular formula is C24H17Br2N3O4. The van der Waals surface area contributed by atoms with Crippen LogP contribution >= 0.6 is 31.9 Å². The van der Waals surface area contributed by atoms with Gasteiger partial charge < -0.3 is 10.1 Å². The first kappa shape index (κ1) is 24.2. The van der Waals surface area contributed by atoms with Gasteiger partial charge in [-0.25, -0.2) is 0 Å². The highest BCUT2D eigenvalue weighted by Crippen LogP contribution is 2.35. The Morgan fingerprint density at radius 1 is 1.18 bits per heavy atom. The normalized spacial score (nSPS) is 10.9. The van der Waals surface area contributed by atoms with Gasteiger partial charge in [0.25, 0.3) is 11.6 Å². The first-order valence-corrected chi connectivity index (χ1v) is 11.2. The smallest absolute Gasteiger partial charge is 0.271 e. The van der Waals surface area contributed by atoms with Crippen molar-refractivity contribution in [3.63, 3.8) is 0 Å². The van der Waals surface area contributed by atoms with Crippen LogP contribution in [0.3, 0.4) is 0 Å². The molecule has 7 nitrogen and oxygen atoms in total. The zero-order chi connectivity index (χ0) is 24.0. The maximum Gasteiger partial charge on any atom is 0.271 e. The van der Waals surface area contributed by atoms with Crippen molar-refractivity contribution in [2.75, 3.05) is 5.32 Å². The summed E-state index contributed by atoms with van der Waals surface area (Å²) in [6, 6.07) is 18.8. The van der Waals surface area contributed by atoms with Crippen molar-refractivity contribution in [1.82, 2.24) is 0 Å². The first-order chi connectivity index (χ1) is 15.8. The molecule has 0 fully saturated rings. The van der Waals surface area contributed by atoms with Gasteiger partial charge in [-0.2, -0.15) is 5.26 Å². The fourth-order valence-corrected chi connectivity index (χ4v) is 4.25. The Bertz CT molecular complexity index is 1280. The number of carbonyl (C=O) groups excluding carboxylic acids is 1. The largest absolute Gasteiger partial charge is 0.487 e. The van der Waals surface area contributed by atoms with Gasteiger partial charge in [0.2, 0.25) is 0 Å². The standard InChI is InChI=1S/C24H17Br2N3O4/c1-15-5-7-16(8-6-15)14-33-23-17(10-19(25)11-22(23)26)9-18(13-27)24(30)28-20-3-2-4-21(12-20)29(31)32/h2-12H,14H2,1H3,(H,28,30)/b18-9+. The van der Waals surface area contributed by atoms with E-state index in [0.29, 0.717) is 22.4 Å². The average molecular weight is 571 g/mol. The van der Waals surface area contributed by atoms with Gasteiger partial charge in [-0.1, -0.05) is 51.8 Å². The van der Waals surface area contributed by atoms with Crippen molar-refractivity contribution in [2.24, 2.45) is 0 Å². The van der Waals surface area contributed by atoms with E-state index >= 15 is 0 Å². The molecule has 1 N–H and O–H groups in total. The van der Waals surface area contributed by atoms with Crippen LogP contribution < -0.4 is 10.1 Å². The Hall–Kier alpha value is -3.48. The number of rotatable bonds is 7. The molecule has 0 unspecified atom stereocenters. The number of nitro groups is 1. The van der Waals surface area contributed by atoms with E-state index in [9.17, 15) is 20.2 Å². The van der Waals surface area contributed by atoms with Crippen LogP contribution in [0.4, 0.5) is 11.4 Å². The van der Waals surface area contributed by atoms with Crippen molar-refractivity contribution in [3.05, 3.63) is 102 Å². The number of carbonyl (C=O) groups is 1. The molecule has 0 atom stereocenters. The number of nitriles is 1. The van der Waals surface area contributed by atoms with Gasteiger partial charge in [0, 0.05) is 27.9 Å². The second-order valence-electron chi connectivity index (χ2n) is 7.01. The Morgan fingerprint density at radius 2 is 1.91 bits per heavy atom. The predicted octanol–water partition coefficient (Wildman–Crippen LogP) is 6.55. The Kier molecular flexibility index (Phi) is 7.98. The fraction of sp³-hybridized carbons (Fsp3) is 0.0833. The number of anilines is 1. The second kappa shape index (κ2) is 10.9. The lowest BCUT2D eigenvalue weighted by Gasteiger charge is -2.13. The van der Waals surface area contributed by atoms with Crippen molar-refractivity contribution < 1.29 is 14.5 Å². The van der Waals surface area contributed by atoms with E-state index in [1.165, 1.54) is 30.3 Å². The van der Waals surface area contributed by atoms with Crippen LogP contribution in [0.25, 0.3) is 6.08 Å². The Labute approximate surface area is 207 Å². The maximum absolute atomic E-state index is 12.7. The molecule has 0 spiro atoms. The SMILES string of the molecule is Cc1ccc(COc2c(Br)cc(Br)cc2/C=C(\C#N)C(=O)Nc2cccc([N+](=O)[O-])c2)cc1. The molecule has 3 aromatic carbocycles. The number of aryl methyl sites for hydroxylation is 1. The van der Waals surface area contributed by atoms with Crippen molar-refractivity contribution in [3.8, 4) is 11.8 Å². The van der Waals surface area contributed by atoms with E-state index in [4.69, 9.17) is 4.74 Å². The van der Waals surface area contributed by atoms with E-state index in [-0.39, 0.29) is 16.9 Å². The number of nitro benzene ring substituents is 1. The van der Waals surface area contributed by atoms with Gasteiger partial charge in [0.05, 0.1) is 9.40 Å². The van der Waals surface area contributed by atoms with Gasteiger partial charge >= 0.3 is 0 Å². The number of hydrogen-bond donors (Lipinski definition) is 1. The zero-order valence-corrected chi connectivity index (χ0v) is 20.5. The third-order valence-corrected chi connectivity index (χ3v) is 5.57. The minimum atomic E-state index is -0.696. The molecular weight excluding hydrogens is 554 g/mol. The quantitative estimate of drug-likeness (QED) is 0.150. The van der Waals surface area contributed by atoms with E-state index < -0.39 is 10.8 Å². The van der Waals surface area contributed by atoms with Crippen molar-refractivity contribution >= 4 is 55.2 Å². The van der Waals surface area contributed by atoms with Crippen LogP contribution in [0.15, 0.2) is 75.2 Å². The van der Waals surface area contributed by atoms with Crippen molar-refractivity contribution in [1.29, 1.82) is 5.26 Å². The van der Waals surface area contributed by atoms with Gasteiger partial charge in [0.15, 0.2) is 0 Å². The number of nitrogens with one attached hydrogen (secondary N) is 1. The van der Waals surface area contributed by atoms with Crippen LogP contribution in [0, 0.1) is 28.4 Å². The van der Waals surface area contributed by atoms with Crippen LogP contribution in [0.2, 0.25) is 0 Å². The molecule has 0 aliphatic rings. The fourth-order valence-electron chi connectivity index (χ4n) is 2.88. The summed E-state index contributed by atoms with van der Waals surface area (Å²) in [6.45, 7) is 2.30. The predicted molar refractivity (Wildman–Crippen MR) is 133 cm³/mol. The molecule has 1 amide bonds. The van der Waals surface area contributed by atoms with Gasteiger partial charge in [0.1, 0.15) is 24.0 Å². The monoisotopic (exact) mass is 569 g/mol. The zero-order valence-electron chi connectivity index (χ0n) is 17.3. The summed E-state index contributed by atoms with van der Waals surface area (Å²) in [6.07, 6.45) is 1.41. The topological polar surface area (TPSA) is 105 Å². The summed E-state index contributed by atoms with van der Waals surface area (Å²) < 4.78 is 7.37. The first-order valence-electron chi connectivity index (χ1n) is 9.62. The summed E-state index contributed by atoms with van der Waals surface area (Å²) in [5.41, 5.74) is 2.47. The number of nitrogens with zero attached hydrogens (tertiary/aromatic N) is 2. The number of halogens is 2. The van der Waals surface area contributed by atoms with Crippen molar-refractivity contribution in [2.45, 2.75) is 13.5 Å². The lowest BCUT2D eigenvalue weighted by atomic mass is 10.1. The second-order valence-corrected chi connectivity index (χ2v) is 8.78. The third-order valence-electron chi connectivity index (χ3n) is 4.52. The molecule has 9 heteroatoms. The van der Waals surface area contributed by atoms with Gasteiger partial charge in [-0.15, -0.1) is 0 Å². The molecule has 0 aliphatic carbocycles. The summed E-state index contributed by atoms with van der Waals surface area (Å²) in [7, 11) is 0. The molecule has 0 aliphatic heterocycles. The van der Waals surface area contributed by atoms with E-state index in [1.54, 1.807) is 12.1 Å². The molecule has 3 rings (SSSR count). The molecule has 0 aromatic heterocycles. The molecule has 33 heavy (non-hydrogen) atoms. The maximum atomic E-state index is 12.7. The minimum absolute atomic E-state index is 0.169. The lowest BCUT2D eigenvalue weighted by Crippen LogP contribution is -2.13. The highest BCUT2D eigenvalue weighted by Gasteiger charge is 2.15. The Balaban J connectivity index is 1.88. The number of ether oxygens (including phenoxy) is 1. The van der Waals surface area contributed by atoms with Gasteiger partial charge in [-0.3, -0.25) is 14.9 Å². The summed E-state index contributed by atoms with van der Waals surface area (Å²) in [5, 5.41) is 23.1. The number of amides is 1. The molecule has 0 saturated heterocycles. The molecule has 3 aromatic rings. The number of hydrogen-bond acceptors (Lipinski definition) is 5. The van der Waals surface area contributed by atoms with E-state index in [1.807, 2.05) is 37.3 Å². The summed E-state index contributed by atoms with van der Waals surface area (Å²) >= 11 is 6.89. The summed E-state index contributed by atoms with van der Waals surface area (Å²) in [4.78, 5) is 23.1. The number of non-ortho nitro benzene ring substituents is 1. The molecule has 166 valence electrons. The molecule has 0 radical (unpaired) electrons. The van der Waals surface area contributed by atoms with E-state index in [0.717, 1.165) is 15.6 Å². The average Bonchev–Trinajstić information content (AvgIpc) is 2.78. The van der Waals surface area contributed by atoms with E-state index in [2.05, 4.69) is 37.2 Å². The van der Waals surface area contributed by atoms with Crippen LogP contribution in [0.5, 0.6) is 5.75 Å². The minimum Gasteiger partial charge on any atom is -0.487 e. The third kappa shape index (κ3) is 6.51.